The van der Waals surface area contributed by atoms with E-state index in [0.29, 0.717) is 13.0 Å². The first-order valence-corrected chi connectivity index (χ1v) is 6.62. The highest BCUT2D eigenvalue weighted by molar-refractivity contribution is 5.81. The van der Waals surface area contributed by atoms with E-state index in [1.54, 1.807) is 0 Å². The van der Waals surface area contributed by atoms with Crippen LogP contribution >= 0.6 is 0 Å². The van der Waals surface area contributed by atoms with Gasteiger partial charge in [0, 0.05) is 6.54 Å². The second-order valence-electron chi connectivity index (χ2n) is 4.78. The van der Waals surface area contributed by atoms with Gasteiger partial charge in [-0.3, -0.25) is 4.79 Å². The number of amides is 1. The molecule has 1 aliphatic rings. The average molecular weight is 268 g/mol. The van der Waals surface area contributed by atoms with Crippen molar-refractivity contribution in [2.24, 2.45) is 0 Å². The van der Waals surface area contributed by atoms with Crippen LogP contribution in [0.4, 0.5) is 8.78 Å². The molecule has 0 bridgehead atoms. The van der Waals surface area contributed by atoms with Gasteiger partial charge in [-0.15, -0.1) is 0 Å². The van der Waals surface area contributed by atoms with Crippen LogP contribution in [0, 0.1) is 11.6 Å². The second kappa shape index (κ2) is 6.61. The number of benzene rings is 1. The van der Waals surface area contributed by atoms with Gasteiger partial charge >= 0.3 is 0 Å². The second-order valence-corrected chi connectivity index (χ2v) is 4.78. The molecule has 1 aromatic carbocycles. The van der Waals surface area contributed by atoms with Crippen molar-refractivity contribution in [3.05, 3.63) is 35.4 Å². The van der Waals surface area contributed by atoms with Crippen molar-refractivity contribution in [1.82, 2.24) is 10.6 Å². The smallest absolute Gasteiger partial charge is 0.237 e. The van der Waals surface area contributed by atoms with Crippen molar-refractivity contribution in [1.29, 1.82) is 0 Å². The lowest BCUT2D eigenvalue weighted by atomic mass is 10.0. The monoisotopic (exact) mass is 268 g/mol. The van der Waals surface area contributed by atoms with E-state index >= 15 is 0 Å². The molecule has 1 atom stereocenters. The van der Waals surface area contributed by atoms with Gasteiger partial charge in [0.2, 0.25) is 5.91 Å². The SMILES string of the molecule is O=C(NCCc1cc(F)ccc1F)C1CCCCN1. The maximum absolute atomic E-state index is 13.4. The average Bonchev–Trinajstić information content (AvgIpc) is 2.43. The van der Waals surface area contributed by atoms with E-state index in [1.165, 1.54) is 6.07 Å². The third kappa shape index (κ3) is 3.99. The van der Waals surface area contributed by atoms with Crippen LogP contribution in [-0.4, -0.2) is 25.0 Å². The van der Waals surface area contributed by atoms with Gasteiger partial charge in [0.05, 0.1) is 6.04 Å². The minimum Gasteiger partial charge on any atom is -0.354 e. The van der Waals surface area contributed by atoms with Crippen LogP contribution in [0.2, 0.25) is 0 Å². The normalized spacial score (nSPS) is 19.2. The Morgan fingerprint density at radius 2 is 2.21 bits per heavy atom. The fourth-order valence-electron chi connectivity index (χ4n) is 2.25. The summed E-state index contributed by atoms with van der Waals surface area (Å²) in [5, 5.41) is 5.90. The highest BCUT2D eigenvalue weighted by Gasteiger charge is 2.19. The first-order chi connectivity index (χ1) is 9.16. The topological polar surface area (TPSA) is 41.1 Å². The summed E-state index contributed by atoms with van der Waals surface area (Å²) < 4.78 is 26.3. The number of hydrogen-bond acceptors (Lipinski definition) is 2. The van der Waals surface area contributed by atoms with Crippen LogP contribution in [-0.2, 0) is 11.2 Å². The fourth-order valence-corrected chi connectivity index (χ4v) is 2.25. The van der Waals surface area contributed by atoms with Gasteiger partial charge in [-0.25, -0.2) is 8.78 Å². The van der Waals surface area contributed by atoms with Crippen LogP contribution in [0.25, 0.3) is 0 Å². The third-order valence-corrected chi connectivity index (χ3v) is 3.33. The van der Waals surface area contributed by atoms with Gasteiger partial charge < -0.3 is 10.6 Å². The molecule has 1 heterocycles. The van der Waals surface area contributed by atoms with Gasteiger partial charge in [0.15, 0.2) is 0 Å². The number of piperidine rings is 1. The molecule has 0 aromatic heterocycles. The molecule has 19 heavy (non-hydrogen) atoms. The largest absolute Gasteiger partial charge is 0.354 e. The Balaban J connectivity index is 1.79. The summed E-state index contributed by atoms with van der Waals surface area (Å²) in [6.45, 7) is 1.17. The first-order valence-electron chi connectivity index (χ1n) is 6.62. The number of carbonyl (C=O) groups excluding carboxylic acids is 1. The van der Waals surface area contributed by atoms with Crippen molar-refractivity contribution < 1.29 is 13.6 Å². The lowest BCUT2D eigenvalue weighted by molar-refractivity contribution is -0.123. The maximum atomic E-state index is 13.4. The molecule has 2 rings (SSSR count). The summed E-state index contributed by atoms with van der Waals surface area (Å²) in [4.78, 5) is 11.8. The highest BCUT2D eigenvalue weighted by atomic mass is 19.1. The summed E-state index contributed by atoms with van der Waals surface area (Å²) in [5.41, 5.74) is 0.289. The molecule has 1 aromatic rings. The van der Waals surface area contributed by atoms with Crippen LogP contribution in [0.3, 0.4) is 0 Å². The first kappa shape index (κ1) is 13.9. The molecule has 0 spiro atoms. The Labute approximate surface area is 111 Å². The standard InChI is InChI=1S/C14H18F2N2O/c15-11-4-5-12(16)10(9-11)6-8-18-14(19)13-3-1-2-7-17-13/h4-5,9,13,17H,1-3,6-8H2,(H,18,19). The van der Waals surface area contributed by atoms with Gasteiger partial charge in [0.1, 0.15) is 11.6 Å². The molecule has 104 valence electrons. The molecular formula is C14H18F2N2O. The van der Waals surface area contributed by atoms with E-state index in [4.69, 9.17) is 0 Å². The number of rotatable bonds is 4. The number of hydrogen-bond donors (Lipinski definition) is 2. The van der Waals surface area contributed by atoms with Crippen LogP contribution in [0.15, 0.2) is 18.2 Å². The van der Waals surface area contributed by atoms with E-state index in [-0.39, 0.29) is 17.5 Å². The number of halogens is 2. The highest BCUT2D eigenvalue weighted by Crippen LogP contribution is 2.10. The van der Waals surface area contributed by atoms with Gasteiger partial charge in [-0.05, 0) is 49.6 Å². The summed E-state index contributed by atoms with van der Waals surface area (Å²) in [6.07, 6.45) is 3.27. The van der Waals surface area contributed by atoms with Crippen LogP contribution in [0.1, 0.15) is 24.8 Å². The molecule has 0 saturated carbocycles. The molecule has 1 amide bonds. The van der Waals surface area contributed by atoms with Crippen molar-refractivity contribution in [2.75, 3.05) is 13.1 Å². The molecule has 0 aliphatic carbocycles. The summed E-state index contributed by atoms with van der Waals surface area (Å²) >= 11 is 0. The predicted octanol–water partition coefficient (Wildman–Crippen LogP) is 1.77. The summed E-state index contributed by atoms with van der Waals surface area (Å²) in [7, 11) is 0. The zero-order valence-electron chi connectivity index (χ0n) is 10.7. The van der Waals surface area contributed by atoms with Gasteiger partial charge in [-0.2, -0.15) is 0 Å². The summed E-state index contributed by atoms with van der Waals surface area (Å²) in [5.74, 6) is -0.959. The van der Waals surface area contributed by atoms with E-state index in [9.17, 15) is 13.6 Å². The third-order valence-electron chi connectivity index (χ3n) is 3.33. The summed E-state index contributed by atoms with van der Waals surface area (Å²) in [6, 6.07) is 3.21. The molecule has 0 radical (unpaired) electrons. The van der Waals surface area contributed by atoms with Crippen molar-refractivity contribution in [3.8, 4) is 0 Å². The van der Waals surface area contributed by atoms with E-state index in [2.05, 4.69) is 10.6 Å². The van der Waals surface area contributed by atoms with Gasteiger partial charge in [0.25, 0.3) is 0 Å². The lowest BCUT2D eigenvalue weighted by Gasteiger charge is -2.22. The van der Waals surface area contributed by atoms with Crippen LogP contribution < -0.4 is 10.6 Å². The maximum Gasteiger partial charge on any atom is 0.237 e. The molecule has 2 N–H and O–H groups in total. The molecule has 1 fully saturated rings. The Bertz CT molecular complexity index is 445. The Kier molecular flexibility index (Phi) is 4.85. The van der Waals surface area contributed by atoms with Crippen molar-refractivity contribution in [3.63, 3.8) is 0 Å². The van der Waals surface area contributed by atoms with Crippen molar-refractivity contribution in [2.45, 2.75) is 31.7 Å². The molecule has 1 unspecified atom stereocenters. The molecule has 1 aliphatic heterocycles. The van der Waals surface area contributed by atoms with E-state index in [1.807, 2.05) is 0 Å². The quantitative estimate of drug-likeness (QED) is 0.873. The zero-order chi connectivity index (χ0) is 13.7. The fraction of sp³-hybridized carbons (Fsp3) is 0.500. The molecule has 1 saturated heterocycles. The Morgan fingerprint density at radius 3 is 2.95 bits per heavy atom. The lowest BCUT2D eigenvalue weighted by Crippen LogP contribution is -2.47. The number of carbonyl (C=O) groups is 1. The van der Waals surface area contributed by atoms with Gasteiger partial charge in [-0.1, -0.05) is 6.42 Å². The minimum atomic E-state index is -0.461. The predicted molar refractivity (Wildman–Crippen MR) is 68.7 cm³/mol. The molecular weight excluding hydrogens is 250 g/mol. The molecule has 5 heteroatoms. The van der Waals surface area contributed by atoms with Crippen LogP contribution in [0.5, 0.6) is 0 Å². The minimum absolute atomic E-state index is 0.0588. The number of nitrogens with one attached hydrogen (secondary N) is 2. The Morgan fingerprint density at radius 1 is 1.37 bits per heavy atom. The molecule has 3 nitrogen and oxygen atoms in total. The zero-order valence-corrected chi connectivity index (χ0v) is 10.7. The van der Waals surface area contributed by atoms with Crippen molar-refractivity contribution >= 4 is 5.91 Å². The van der Waals surface area contributed by atoms with E-state index in [0.717, 1.165) is 37.9 Å². The Hall–Kier alpha value is -1.49. The van der Waals surface area contributed by atoms with E-state index < -0.39 is 11.6 Å².